The molecule has 1 heterocycles. The zero-order valence-electron chi connectivity index (χ0n) is 8.20. The van der Waals surface area contributed by atoms with Gasteiger partial charge in [0.1, 0.15) is 5.82 Å². The first-order valence-corrected chi connectivity index (χ1v) is 4.78. The van der Waals surface area contributed by atoms with E-state index in [0.717, 1.165) is 24.1 Å². The molecule has 2 aromatic rings. The van der Waals surface area contributed by atoms with Crippen LogP contribution in [-0.2, 0) is 12.8 Å². The summed E-state index contributed by atoms with van der Waals surface area (Å²) >= 11 is 0. The molecule has 0 amide bonds. The molecular formula is C11H12FN3. The molecule has 0 saturated carbocycles. The molecule has 0 fully saturated rings. The minimum Gasteiger partial charge on any atom is -0.396 e. The van der Waals surface area contributed by atoms with E-state index in [0.29, 0.717) is 5.69 Å². The smallest absolute Gasteiger partial charge is 0.123 e. The first-order chi connectivity index (χ1) is 7.25. The van der Waals surface area contributed by atoms with Gasteiger partial charge in [-0.15, -0.1) is 0 Å². The van der Waals surface area contributed by atoms with E-state index in [4.69, 9.17) is 5.73 Å². The van der Waals surface area contributed by atoms with E-state index in [1.165, 1.54) is 12.1 Å². The summed E-state index contributed by atoms with van der Waals surface area (Å²) in [7, 11) is 0. The van der Waals surface area contributed by atoms with Crippen LogP contribution in [0.1, 0.15) is 11.3 Å². The molecule has 0 aliphatic heterocycles. The minimum absolute atomic E-state index is 0.209. The quantitative estimate of drug-likeness (QED) is 0.804. The Balaban J connectivity index is 1.99. The Morgan fingerprint density at radius 1 is 1.20 bits per heavy atom. The summed E-state index contributed by atoms with van der Waals surface area (Å²) in [6.07, 6.45) is 3.21. The molecule has 0 saturated heterocycles. The van der Waals surface area contributed by atoms with Crippen molar-refractivity contribution in [1.82, 2.24) is 10.2 Å². The molecule has 0 radical (unpaired) electrons. The molecule has 78 valence electrons. The van der Waals surface area contributed by atoms with Crippen LogP contribution in [0.2, 0.25) is 0 Å². The number of nitrogen functional groups attached to an aromatic ring is 1. The van der Waals surface area contributed by atoms with Gasteiger partial charge in [-0.2, -0.15) is 5.10 Å². The predicted octanol–water partition coefficient (Wildman–Crippen LogP) is 1.92. The third-order valence-electron chi connectivity index (χ3n) is 2.33. The number of rotatable bonds is 3. The molecule has 1 aromatic heterocycles. The number of nitrogens with two attached hydrogens (primary N) is 1. The Bertz CT molecular complexity index is 433. The van der Waals surface area contributed by atoms with Gasteiger partial charge in [-0.25, -0.2) is 4.39 Å². The van der Waals surface area contributed by atoms with Gasteiger partial charge in [-0.3, -0.25) is 5.10 Å². The third kappa shape index (κ3) is 2.34. The van der Waals surface area contributed by atoms with Gasteiger partial charge in [0.15, 0.2) is 0 Å². The van der Waals surface area contributed by atoms with Crippen LogP contribution in [0.15, 0.2) is 30.5 Å². The molecule has 2 rings (SSSR count). The van der Waals surface area contributed by atoms with Gasteiger partial charge in [0.25, 0.3) is 0 Å². The number of nitrogens with one attached hydrogen (secondary N) is 1. The number of hydrogen-bond donors (Lipinski definition) is 2. The Morgan fingerprint density at radius 3 is 2.53 bits per heavy atom. The van der Waals surface area contributed by atoms with E-state index in [-0.39, 0.29) is 5.82 Å². The fourth-order valence-electron chi connectivity index (χ4n) is 1.44. The Morgan fingerprint density at radius 2 is 1.93 bits per heavy atom. The van der Waals surface area contributed by atoms with Crippen LogP contribution in [0, 0.1) is 5.82 Å². The fourth-order valence-corrected chi connectivity index (χ4v) is 1.44. The molecule has 0 aliphatic carbocycles. The lowest BCUT2D eigenvalue weighted by atomic mass is 10.1. The van der Waals surface area contributed by atoms with Crippen molar-refractivity contribution in [2.24, 2.45) is 0 Å². The van der Waals surface area contributed by atoms with Crippen LogP contribution in [0.5, 0.6) is 0 Å². The van der Waals surface area contributed by atoms with Crippen molar-refractivity contribution in [2.45, 2.75) is 12.8 Å². The summed E-state index contributed by atoms with van der Waals surface area (Å²) in [6, 6.07) is 6.49. The molecule has 4 heteroatoms. The van der Waals surface area contributed by atoms with Crippen molar-refractivity contribution in [3.8, 4) is 0 Å². The third-order valence-corrected chi connectivity index (χ3v) is 2.33. The van der Waals surface area contributed by atoms with E-state index < -0.39 is 0 Å². The number of halogens is 1. The van der Waals surface area contributed by atoms with Crippen LogP contribution < -0.4 is 5.73 Å². The van der Waals surface area contributed by atoms with Crippen LogP contribution in [0.3, 0.4) is 0 Å². The highest BCUT2D eigenvalue weighted by Crippen LogP contribution is 2.11. The van der Waals surface area contributed by atoms with Crippen molar-refractivity contribution in [2.75, 3.05) is 5.73 Å². The van der Waals surface area contributed by atoms with E-state index in [2.05, 4.69) is 10.2 Å². The van der Waals surface area contributed by atoms with Crippen molar-refractivity contribution in [1.29, 1.82) is 0 Å². The van der Waals surface area contributed by atoms with Crippen LogP contribution in [-0.4, -0.2) is 10.2 Å². The largest absolute Gasteiger partial charge is 0.396 e. The van der Waals surface area contributed by atoms with E-state index >= 15 is 0 Å². The average Bonchev–Trinajstić information content (AvgIpc) is 2.63. The van der Waals surface area contributed by atoms with E-state index in [1.807, 2.05) is 0 Å². The van der Waals surface area contributed by atoms with Gasteiger partial charge < -0.3 is 5.73 Å². The topological polar surface area (TPSA) is 54.7 Å². The number of aromatic amines is 1. The van der Waals surface area contributed by atoms with Crippen molar-refractivity contribution < 1.29 is 4.39 Å². The molecule has 3 N–H and O–H groups in total. The van der Waals surface area contributed by atoms with Crippen molar-refractivity contribution in [3.63, 3.8) is 0 Å². The zero-order valence-corrected chi connectivity index (χ0v) is 8.20. The molecule has 0 aliphatic rings. The average molecular weight is 205 g/mol. The van der Waals surface area contributed by atoms with Gasteiger partial charge in [0.2, 0.25) is 0 Å². The van der Waals surface area contributed by atoms with Crippen LogP contribution >= 0.6 is 0 Å². The van der Waals surface area contributed by atoms with Gasteiger partial charge in [0.05, 0.1) is 17.6 Å². The highest BCUT2D eigenvalue weighted by atomic mass is 19.1. The molecule has 15 heavy (non-hydrogen) atoms. The minimum atomic E-state index is -0.209. The Labute approximate surface area is 87.1 Å². The van der Waals surface area contributed by atoms with Crippen molar-refractivity contribution >= 4 is 5.69 Å². The molecule has 0 bridgehead atoms. The number of nitrogens with zero attached hydrogens (tertiary/aromatic N) is 1. The van der Waals surface area contributed by atoms with E-state index in [9.17, 15) is 4.39 Å². The van der Waals surface area contributed by atoms with Gasteiger partial charge in [-0.05, 0) is 30.5 Å². The number of hydrogen-bond acceptors (Lipinski definition) is 2. The molecule has 0 unspecified atom stereocenters. The van der Waals surface area contributed by atoms with Crippen molar-refractivity contribution in [3.05, 3.63) is 47.5 Å². The maximum atomic E-state index is 12.6. The SMILES string of the molecule is Nc1cn[nH]c1CCc1ccc(F)cc1. The monoisotopic (exact) mass is 205 g/mol. The lowest BCUT2D eigenvalue weighted by Crippen LogP contribution is -1.95. The first-order valence-electron chi connectivity index (χ1n) is 4.78. The summed E-state index contributed by atoms with van der Waals surface area (Å²) in [5, 5.41) is 6.68. The van der Waals surface area contributed by atoms with E-state index in [1.54, 1.807) is 18.3 Å². The van der Waals surface area contributed by atoms with Crippen LogP contribution in [0.25, 0.3) is 0 Å². The number of anilines is 1. The first kappa shape index (κ1) is 9.71. The normalized spacial score (nSPS) is 10.5. The molecule has 0 atom stereocenters. The highest BCUT2D eigenvalue weighted by Gasteiger charge is 2.01. The summed E-state index contributed by atoms with van der Waals surface area (Å²) in [4.78, 5) is 0. The highest BCUT2D eigenvalue weighted by molar-refractivity contribution is 5.40. The zero-order chi connectivity index (χ0) is 10.7. The number of aromatic nitrogens is 2. The second-order valence-electron chi connectivity index (χ2n) is 3.43. The predicted molar refractivity (Wildman–Crippen MR) is 56.8 cm³/mol. The van der Waals surface area contributed by atoms with Crippen LogP contribution in [0.4, 0.5) is 10.1 Å². The standard InChI is InChI=1S/C11H12FN3/c12-9-4-1-8(2-5-9)3-6-11-10(13)7-14-15-11/h1-2,4-5,7H,3,6,13H2,(H,14,15). The number of aryl methyl sites for hydroxylation is 2. The maximum absolute atomic E-state index is 12.6. The van der Waals surface area contributed by atoms with Gasteiger partial charge in [0, 0.05) is 0 Å². The fraction of sp³-hybridized carbons (Fsp3) is 0.182. The lowest BCUT2D eigenvalue weighted by molar-refractivity contribution is 0.627. The lowest BCUT2D eigenvalue weighted by Gasteiger charge is -2.00. The maximum Gasteiger partial charge on any atom is 0.123 e. The Kier molecular flexibility index (Phi) is 2.67. The number of benzene rings is 1. The summed E-state index contributed by atoms with van der Waals surface area (Å²) in [6.45, 7) is 0. The second kappa shape index (κ2) is 4.13. The van der Waals surface area contributed by atoms with Gasteiger partial charge in [-0.1, -0.05) is 12.1 Å². The Hall–Kier alpha value is -1.84. The second-order valence-corrected chi connectivity index (χ2v) is 3.43. The summed E-state index contributed by atoms with van der Waals surface area (Å²) in [5.74, 6) is -0.209. The molecule has 0 spiro atoms. The number of H-pyrrole nitrogens is 1. The molecule has 3 nitrogen and oxygen atoms in total. The van der Waals surface area contributed by atoms with Gasteiger partial charge >= 0.3 is 0 Å². The summed E-state index contributed by atoms with van der Waals surface area (Å²) in [5.41, 5.74) is 8.37. The summed E-state index contributed by atoms with van der Waals surface area (Å²) < 4.78 is 12.6. The molecule has 1 aromatic carbocycles. The molecular weight excluding hydrogens is 193 g/mol.